The summed E-state index contributed by atoms with van der Waals surface area (Å²) in [5.74, 6) is 1.61. The summed E-state index contributed by atoms with van der Waals surface area (Å²) in [6.07, 6.45) is 8.28. The Morgan fingerprint density at radius 1 is 1.30 bits per heavy atom. The van der Waals surface area contributed by atoms with Gasteiger partial charge in [0.1, 0.15) is 0 Å². The van der Waals surface area contributed by atoms with Crippen molar-refractivity contribution in [3.63, 3.8) is 0 Å². The van der Waals surface area contributed by atoms with Gasteiger partial charge >= 0.3 is 0 Å². The van der Waals surface area contributed by atoms with Gasteiger partial charge in [0.25, 0.3) is 0 Å². The van der Waals surface area contributed by atoms with Crippen LogP contribution in [0.4, 0.5) is 0 Å². The molecule has 0 amide bonds. The van der Waals surface area contributed by atoms with Gasteiger partial charge < -0.3 is 5.73 Å². The molecule has 2 aliphatic carbocycles. The lowest BCUT2D eigenvalue weighted by molar-refractivity contribution is 0.0615. The van der Waals surface area contributed by atoms with Gasteiger partial charge in [-0.15, -0.1) is 11.3 Å². The molecule has 3 atom stereocenters. The third-order valence-corrected chi connectivity index (χ3v) is 6.17. The van der Waals surface area contributed by atoms with Gasteiger partial charge in [-0.2, -0.15) is 0 Å². The first kappa shape index (κ1) is 14.6. The predicted octanol–water partition coefficient (Wildman–Crippen LogP) is 4.04. The van der Waals surface area contributed by atoms with Crippen molar-refractivity contribution >= 4 is 11.3 Å². The van der Waals surface area contributed by atoms with Crippen molar-refractivity contribution in [1.82, 2.24) is 4.90 Å². The maximum Gasteiger partial charge on any atom is 0.0472 e. The molecule has 2 nitrogen and oxygen atoms in total. The molecule has 0 aliphatic heterocycles. The third-order valence-electron chi connectivity index (χ3n) is 5.22. The average molecular weight is 292 g/mol. The highest BCUT2D eigenvalue weighted by atomic mass is 32.1. The van der Waals surface area contributed by atoms with Gasteiger partial charge in [-0.1, -0.05) is 25.8 Å². The molecule has 3 unspecified atom stereocenters. The lowest BCUT2D eigenvalue weighted by atomic mass is 9.82. The lowest BCUT2D eigenvalue weighted by Crippen LogP contribution is -2.47. The van der Waals surface area contributed by atoms with Crippen LogP contribution in [0.15, 0.2) is 17.5 Å². The van der Waals surface area contributed by atoms with Gasteiger partial charge in [0.15, 0.2) is 0 Å². The van der Waals surface area contributed by atoms with E-state index >= 15 is 0 Å². The topological polar surface area (TPSA) is 29.3 Å². The molecule has 0 bridgehead atoms. The Kier molecular flexibility index (Phi) is 4.79. The van der Waals surface area contributed by atoms with Gasteiger partial charge in [0.05, 0.1) is 0 Å². The van der Waals surface area contributed by atoms with Crippen LogP contribution < -0.4 is 5.73 Å². The number of hydrogen-bond donors (Lipinski definition) is 1. The van der Waals surface area contributed by atoms with Crippen LogP contribution in [0, 0.1) is 11.8 Å². The van der Waals surface area contributed by atoms with Crippen LogP contribution in [-0.2, 0) is 0 Å². The summed E-state index contributed by atoms with van der Waals surface area (Å²) < 4.78 is 0. The molecule has 2 fully saturated rings. The van der Waals surface area contributed by atoms with E-state index in [0.717, 1.165) is 12.5 Å². The first-order chi connectivity index (χ1) is 9.85. The maximum atomic E-state index is 6.07. The lowest BCUT2D eigenvalue weighted by Gasteiger charge is -2.43. The molecule has 0 aromatic carbocycles. The maximum absolute atomic E-state index is 6.07. The van der Waals surface area contributed by atoms with Crippen LogP contribution in [0.5, 0.6) is 0 Å². The molecule has 0 saturated heterocycles. The minimum atomic E-state index is 0.664. The molecular formula is C17H28N2S. The number of thiophene rings is 1. The van der Waals surface area contributed by atoms with Crippen molar-refractivity contribution in [1.29, 1.82) is 0 Å². The largest absolute Gasteiger partial charge is 0.330 e. The van der Waals surface area contributed by atoms with E-state index in [9.17, 15) is 0 Å². The molecule has 1 heterocycles. The van der Waals surface area contributed by atoms with E-state index in [-0.39, 0.29) is 0 Å². The summed E-state index contributed by atoms with van der Waals surface area (Å²) in [5, 5.41) is 2.24. The fourth-order valence-corrected chi connectivity index (χ4v) is 5.01. The number of hydrogen-bond acceptors (Lipinski definition) is 3. The first-order valence-corrected chi connectivity index (χ1v) is 9.22. The van der Waals surface area contributed by atoms with Crippen molar-refractivity contribution in [2.24, 2.45) is 17.6 Å². The second-order valence-corrected chi connectivity index (χ2v) is 7.45. The molecule has 0 spiro atoms. The summed E-state index contributed by atoms with van der Waals surface area (Å²) in [6.45, 7) is 4.37. The highest BCUT2D eigenvalue weighted by molar-refractivity contribution is 7.10. The monoisotopic (exact) mass is 292 g/mol. The van der Waals surface area contributed by atoms with Gasteiger partial charge in [-0.05, 0) is 62.1 Å². The summed E-state index contributed by atoms with van der Waals surface area (Å²) in [7, 11) is 0. The minimum absolute atomic E-state index is 0.664. The SMILES string of the molecule is CCN(C1CCCCC1CN)C(c1cccs1)C1CC1. The second-order valence-electron chi connectivity index (χ2n) is 6.48. The van der Waals surface area contributed by atoms with Gasteiger partial charge in [0, 0.05) is 17.0 Å². The zero-order valence-electron chi connectivity index (χ0n) is 12.6. The Morgan fingerprint density at radius 2 is 2.10 bits per heavy atom. The van der Waals surface area contributed by atoms with Crippen LogP contribution in [0.2, 0.25) is 0 Å². The summed E-state index contributed by atoms with van der Waals surface area (Å²) in [6, 6.07) is 5.93. The van der Waals surface area contributed by atoms with Crippen LogP contribution in [0.3, 0.4) is 0 Å². The molecule has 3 rings (SSSR count). The Hall–Kier alpha value is -0.380. The minimum Gasteiger partial charge on any atom is -0.330 e. The summed E-state index contributed by atoms with van der Waals surface area (Å²) in [4.78, 5) is 4.39. The van der Waals surface area contributed by atoms with E-state index in [1.807, 2.05) is 11.3 Å². The Morgan fingerprint density at radius 3 is 2.70 bits per heavy atom. The predicted molar refractivity (Wildman–Crippen MR) is 87.0 cm³/mol. The molecule has 2 saturated carbocycles. The van der Waals surface area contributed by atoms with Crippen LogP contribution in [0.1, 0.15) is 56.4 Å². The van der Waals surface area contributed by atoms with Crippen LogP contribution in [-0.4, -0.2) is 24.0 Å². The van der Waals surface area contributed by atoms with E-state index in [1.54, 1.807) is 4.88 Å². The first-order valence-electron chi connectivity index (χ1n) is 8.34. The number of rotatable bonds is 6. The van der Waals surface area contributed by atoms with Gasteiger partial charge in [0.2, 0.25) is 0 Å². The van der Waals surface area contributed by atoms with E-state index in [2.05, 4.69) is 29.3 Å². The highest BCUT2D eigenvalue weighted by Crippen LogP contribution is 2.48. The van der Waals surface area contributed by atoms with Crippen molar-refractivity contribution in [3.8, 4) is 0 Å². The molecule has 1 aromatic heterocycles. The molecule has 112 valence electrons. The Labute approximate surface area is 127 Å². The highest BCUT2D eigenvalue weighted by Gasteiger charge is 2.41. The molecule has 2 aliphatic rings. The van der Waals surface area contributed by atoms with E-state index < -0.39 is 0 Å². The third kappa shape index (κ3) is 2.95. The Balaban J connectivity index is 1.82. The van der Waals surface area contributed by atoms with Gasteiger partial charge in [-0.25, -0.2) is 0 Å². The van der Waals surface area contributed by atoms with E-state index in [0.29, 0.717) is 18.0 Å². The zero-order valence-corrected chi connectivity index (χ0v) is 13.4. The van der Waals surface area contributed by atoms with Crippen LogP contribution >= 0.6 is 11.3 Å². The van der Waals surface area contributed by atoms with Crippen molar-refractivity contribution in [3.05, 3.63) is 22.4 Å². The Bertz CT molecular complexity index is 399. The molecule has 2 N–H and O–H groups in total. The molecule has 0 radical (unpaired) electrons. The smallest absolute Gasteiger partial charge is 0.0472 e. The quantitative estimate of drug-likeness (QED) is 0.857. The normalized spacial score (nSPS) is 28.8. The second kappa shape index (κ2) is 6.59. The number of nitrogens with zero attached hydrogens (tertiary/aromatic N) is 1. The van der Waals surface area contributed by atoms with Crippen molar-refractivity contribution < 1.29 is 0 Å². The van der Waals surface area contributed by atoms with Gasteiger partial charge in [-0.3, -0.25) is 4.90 Å². The number of nitrogens with two attached hydrogens (primary N) is 1. The molecular weight excluding hydrogens is 264 g/mol. The fourth-order valence-electron chi connectivity index (χ4n) is 4.08. The van der Waals surface area contributed by atoms with E-state index in [4.69, 9.17) is 5.73 Å². The molecule has 3 heteroatoms. The zero-order chi connectivity index (χ0) is 13.9. The summed E-state index contributed by atoms with van der Waals surface area (Å²) in [5.41, 5.74) is 6.07. The molecule has 1 aromatic rings. The van der Waals surface area contributed by atoms with Crippen LogP contribution in [0.25, 0.3) is 0 Å². The standard InChI is InChI=1S/C17H28N2S/c1-2-19(15-7-4-3-6-14(15)12-18)17(13-9-10-13)16-8-5-11-20-16/h5,8,11,13-15,17H,2-4,6-7,9-10,12,18H2,1H3. The molecule has 20 heavy (non-hydrogen) atoms. The van der Waals surface area contributed by atoms with Crippen molar-refractivity contribution in [2.45, 2.75) is 57.5 Å². The fraction of sp³-hybridized carbons (Fsp3) is 0.765. The van der Waals surface area contributed by atoms with E-state index in [1.165, 1.54) is 45.1 Å². The average Bonchev–Trinajstić information content (AvgIpc) is 3.18. The van der Waals surface area contributed by atoms with Crippen molar-refractivity contribution in [2.75, 3.05) is 13.1 Å². The summed E-state index contributed by atoms with van der Waals surface area (Å²) >= 11 is 1.94.